The molecule has 0 aliphatic carbocycles. The largest absolute Gasteiger partial charge is 0.336 e. The minimum absolute atomic E-state index is 0.00954. The van der Waals surface area contributed by atoms with Gasteiger partial charge in [-0.2, -0.15) is 0 Å². The van der Waals surface area contributed by atoms with Gasteiger partial charge in [-0.05, 0) is 38.3 Å². The molecule has 17 heavy (non-hydrogen) atoms. The summed E-state index contributed by atoms with van der Waals surface area (Å²) in [6, 6.07) is 5.47. The minimum Gasteiger partial charge on any atom is -0.336 e. The van der Waals surface area contributed by atoms with Crippen molar-refractivity contribution in [2.75, 3.05) is 6.54 Å². The molecule has 1 saturated heterocycles. The van der Waals surface area contributed by atoms with Gasteiger partial charge in [0.15, 0.2) is 0 Å². The highest BCUT2D eigenvalue weighted by atomic mass is 35.5. The number of amides is 1. The van der Waals surface area contributed by atoms with Gasteiger partial charge in [0, 0.05) is 12.6 Å². The zero-order valence-corrected chi connectivity index (χ0v) is 11.3. The van der Waals surface area contributed by atoms with Crippen molar-refractivity contribution >= 4 is 29.1 Å². The van der Waals surface area contributed by atoms with E-state index in [1.165, 1.54) is 6.42 Å². The van der Waals surface area contributed by atoms with E-state index in [4.69, 9.17) is 23.2 Å². The Balaban J connectivity index is 2.27. The quantitative estimate of drug-likeness (QED) is 0.756. The van der Waals surface area contributed by atoms with Gasteiger partial charge < -0.3 is 4.90 Å². The summed E-state index contributed by atoms with van der Waals surface area (Å²) in [6.45, 7) is 2.89. The first-order valence-electron chi connectivity index (χ1n) is 5.86. The molecule has 1 aromatic carbocycles. The zero-order chi connectivity index (χ0) is 12.4. The van der Waals surface area contributed by atoms with Crippen LogP contribution in [0, 0.1) is 0 Å². The lowest BCUT2D eigenvalue weighted by Crippen LogP contribution is -2.42. The van der Waals surface area contributed by atoms with Crippen LogP contribution in [0.4, 0.5) is 0 Å². The van der Waals surface area contributed by atoms with Crippen LogP contribution < -0.4 is 0 Å². The van der Waals surface area contributed by atoms with E-state index in [9.17, 15) is 4.79 Å². The Morgan fingerprint density at radius 1 is 1.35 bits per heavy atom. The molecule has 0 bridgehead atoms. The lowest BCUT2D eigenvalue weighted by atomic mass is 10.0. The number of carbonyl (C=O) groups is 1. The van der Waals surface area contributed by atoms with Gasteiger partial charge in [-0.3, -0.25) is 4.79 Å². The van der Waals surface area contributed by atoms with Crippen molar-refractivity contribution in [3.05, 3.63) is 33.8 Å². The van der Waals surface area contributed by atoms with Crippen LogP contribution in [0.2, 0.25) is 10.0 Å². The molecule has 1 heterocycles. The van der Waals surface area contributed by atoms with Gasteiger partial charge >= 0.3 is 0 Å². The second-order valence-corrected chi connectivity index (χ2v) is 5.23. The molecular formula is C13H15Cl2NO. The normalized spacial score (nSPS) is 20.4. The molecule has 0 radical (unpaired) electrons. The zero-order valence-electron chi connectivity index (χ0n) is 9.75. The Morgan fingerprint density at radius 2 is 2.12 bits per heavy atom. The van der Waals surface area contributed by atoms with Crippen LogP contribution in [-0.4, -0.2) is 23.4 Å². The second-order valence-electron chi connectivity index (χ2n) is 4.44. The van der Waals surface area contributed by atoms with E-state index in [1.54, 1.807) is 18.2 Å². The Morgan fingerprint density at radius 3 is 2.82 bits per heavy atom. The van der Waals surface area contributed by atoms with Crippen molar-refractivity contribution in [3.8, 4) is 0 Å². The van der Waals surface area contributed by atoms with E-state index in [0.717, 1.165) is 19.4 Å². The number of likely N-dealkylation sites (tertiary alicyclic amines) is 1. The van der Waals surface area contributed by atoms with Crippen LogP contribution in [-0.2, 0) is 0 Å². The Hall–Kier alpha value is -0.730. The van der Waals surface area contributed by atoms with Crippen LogP contribution in [0.3, 0.4) is 0 Å². The molecular weight excluding hydrogens is 257 g/mol. The predicted octanol–water partition coefficient (Wildman–Crippen LogP) is 4.01. The summed E-state index contributed by atoms with van der Waals surface area (Å²) in [4.78, 5) is 14.3. The first kappa shape index (κ1) is 12.7. The van der Waals surface area contributed by atoms with Gasteiger partial charge in [-0.25, -0.2) is 0 Å². The first-order valence-corrected chi connectivity index (χ1v) is 6.62. The van der Waals surface area contributed by atoms with E-state index in [1.807, 2.05) is 4.90 Å². The molecule has 4 heteroatoms. The standard InChI is InChI=1S/C13H15Cl2NO/c1-9-5-2-3-8-16(9)13(17)10-6-4-7-11(14)12(10)15/h4,6-7,9H,2-3,5,8H2,1H3/t9-/m0/s1. The first-order chi connectivity index (χ1) is 8.11. The molecule has 0 spiro atoms. The van der Waals surface area contributed by atoms with Crippen molar-refractivity contribution in [3.63, 3.8) is 0 Å². The lowest BCUT2D eigenvalue weighted by Gasteiger charge is -2.33. The van der Waals surface area contributed by atoms with Gasteiger partial charge in [0.2, 0.25) is 0 Å². The van der Waals surface area contributed by atoms with Crippen LogP contribution in [0.5, 0.6) is 0 Å². The minimum atomic E-state index is -0.00954. The van der Waals surface area contributed by atoms with Gasteiger partial charge in [-0.15, -0.1) is 0 Å². The number of carbonyl (C=O) groups excluding carboxylic acids is 1. The molecule has 0 aromatic heterocycles. The monoisotopic (exact) mass is 271 g/mol. The maximum absolute atomic E-state index is 12.4. The summed E-state index contributed by atoms with van der Waals surface area (Å²) in [5, 5.41) is 0.791. The Labute approximate surface area is 112 Å². The van der Waals surface area contributed by atoms with Crippen LogP contribution in [0.15, 0.2) is 18.2 Å². The summed E-state index contributed by atoms with van der Waals surface area (Å²) >= 11 is 12.0. The average molecular weight is 272 g/mol. The molecule has 1 aromatic rings. The summed E-state index contributed by atoms with van der Waals surface area (Å²) in [7, 11) is 0. The maximum atomic E-state index is 12.4. The summed E-state index contributed by atoms with van der Waals surface area (Å²) < 4.78 is 0. The average Bonchev–Trinajstić information content (AvgIpc) is 2.32. The third-order valence-electron chi connectivity index (χ3n) is 3.25. The molecule has 92 valence electrons. The van der Waals surface area contributed by atoms with Crippen molar-refractivity contribution in [1.82, 2.24) is 4.90 Å². The SMILES string of the molecule is C[C@H]1CCCCN1C(=O)c1cccc(Cl)c1Cl. The molecule has 2 rings (SSSR count). The smallest absolute Gasteiger partial charge is 0.255 e. The number of hydrogen-bond donors (Lipinski definition) is 0. The lowest BCUT2D eigenvalue weighted by molar-refractivity contribution is 0.0636. The Bertz CT molecular complexity index is 433. The fourth-order valence-electron chi connectivity index (χ4n) is 2.22. The third kappa shape index (κ3) is 2.58. The third-order valence-corrected chi connectivity index (χ3v) is 4.06. The topological polar surface area (TPSA) is 20.3 Å². The van der Waals surface area contributed by atoms with Crippen LogP contribution >= 0.6 is 23.2 Å². The van der Waals surface area contributed by atoms with E-state index in [0.29, 0.717) is 15.6 Å². The highest BCUT2D eigenvalue weighted by Gasteiger charge is 2.25. The summed E-state index contributed by atoms with van der Waals surface area (Å²) in [5.74, 6) is -0.00954. The molecule has 1 aliphatic rings. The van der Waals surface area contributed by atoms with Crippen molar-refractivity contribution in [1.29, 1.82) is 0 Å². The molecule has 0 saturated carbocycles. The van der Waals surface area contributed by atoms with Crippen LogP contribution in [0.1, 0.15) is 36.5 Å². The number of piperidine rings is 1. The maximum Gasteiger partial charge on any atom is 0.255 e. The second kappa shape index (κ2) is 5.28. The predicted molar refractivity (Wildman–Crippen MR) is 70.8 cm³/mol. The van der Waals surface area contributed by atoms with Crippen molar-refractivity contribution < 1.29 is 4.79 Å². The molecule has 1 aliphatic heterocycles. The van der Waals surface area contributed by atoms with E-state index < -0.39 is 0 Å². The van der Waals surface area contributed by atoms with E-state index >= 15 is 0 Å². The van der Waals surface area contributed by atoms with Crippen molar-refractivity contribution in [2.45, 2.75) is 32.2 Å². The number of halogens is 2. The number of benzene rings is 1. The Kier molecular flexibility index (Phi) is 3.95. The highest BCUT2D eigenvalue weighted by molar-refractivity contribution is 6.43. The summed E-state index contributed by atoms with van der Waals surface area (Å²) in [5.41, 5.74) is 0.507. The highest BCUT2D eigenvalue weighted by Crippen LogP contribution is 2.28. The van der Waals surface area contributed by atoms with Gasteiger partial charge in [0.05, 0.1) is 15.6 Å². The van der Waals surface area contributed by atoms with E-state index in [2.05, 4.69) is 6.92 Å². The van der Waals surface area contributed by atoms with Crippen molar-refractivity contribution in [2.24, 2.45) is 0 Å². The summed E-state index contributed by atoms with van der Waals surface area (Å²) in [6.07, 6.45) is 3.31. The molecule has 1 fully saturated rings. The van der Waals surface area contributed by atoms with Gasteiger partial charge in [0.1, 0.15) is 0 Å². The van der Waals surface area contributed by atoms with Crippen LogP contribution in [0.25, 0.3) is 0 Å². The number of nitrogens with zero attached hydrogens (tertiary/aromatic N) is 1. The number of rotatable bonds is 1. The van der Waals surface area contributed by atoms with E-state index in [-0.39, 0.29) is 11.9 Å². The molecule has 2 nitrogen and oxygen atoms in total. The number of hydrogen-bond acceptors (Lipinski definition) is 1. The fraction of sp³-hybridized carbons (Fsp3) is 0.462. The fourth-order valence-corrected chi connectivity index (χ4v) is 2.60. The molecule has 0 unspecified atom stereocenters. The van der Waals surface area contributed by atoms with Gasteiger partial charge in [-0.1, -0.05) is 29.3 Å². The van der Waals surface area contributed by atoms with Gasteiger partial charge in [0.25, 0.3) is 5.91 Å². The molecule has 0 N–H and O–H groups in total. The molecule has 1 atom stereocenters. The molecule has 1 amide bonds.